The second-order valence-corrected chi connectivity index (χ2v) is 4.08. The molecular weight excluding hydrogens is 276 g/mol. The number of carbonyl (C=O) groups excluding carboxylic acids is 1. The van der Waals surface area contributed by atoms with E-state index in [1.807, 2.05) is 0 Å². The van der Waals surface area contributed by atoms with Gasteiger partial charge in [0, 0.05) is 21.6 Å². The molecule has 0 radical (unpaired) electrons. The van der Waals surface area contributed by atoms with Crippen LogP contribution in [0.2, 0.25) is 0 Å². The standard InChI is InChI=1S/C10H7BrN2O3/c11-7-4-13(10(15)16)8-3-5(9(12)14)1-2-6(7)8/h1-4H,(H2,12,14)(H,15,16). The summed E-state index contributed by atoms with van der Waals surface area (Å²) < 4.78 is 1.69. The van der Waals surface area contributed by atoms with Crippen LogP contribution in [0.15, 0.2) is 28.9 Å². The van der Waals surface area contributed by atoms with Crippen LogP contribution < -0.4 is 5.73 Å². The lowest BCUT2D eigenvalue weighted by atomic mass is 10.1. The third-order valence-electron chi connectivity index (χ3n) is 2.25. The molecule has 2 aromatic rings. The number of carbonyl (C=O) groups is 2. The summed E-state index contributed by atoms with van der Waals surface area (Å²) in [6, 6.07) is 4.66. The van der Waals surface area contributed by atoms with E-state index in [9.17, 15) is 9.59 Å². The Balaban J connectivity index is 2.79. The van der Waals surface area contributed by atoms with E-state index in [1.54, 1.807) is 12.1 Å². The zero-order valence-corrected chi connectivity index (χ0v) is 9.56. The molecule has 16 heavy (non-hydrogen) atoms. The summed E-state index contributed by atoms with van der Waals surface area (Å²) in [5, 5.41) is 9.67. The number of primary amides is 1. The van der Waals surface area contributed by atoms with E-state index in [1.165, 1.54) is 12.3 Å². The highest BCUT2D eigenvalue weighted by Crippen LogP contribution is 2.26. The Labute approximate surface area is 98.6 Å². The van der Waals surface area contributed by atoms with Crippen LogP contribution in [0.1, 0.15) is 10.4 Å². The number of aromatic nitrogens is 1. The van der Waals surface area contributed by atoms with Gasteiger partial charge in [0.05, 0.1) is 5.52 Å². The van der Waals surface area contributed by atoms with E-state index in [4.69, 9.17) is 10.8 Å². The van der Waals surface area contributed by atoms with Gasteiger partial charge in [0.25, 0.3) is 0 Å². The highest BCUT2D eigenvalue weighted by atomic mass is 79.9. The molecule has 2 rings (SSSR count). The minimum absolute atomic E-state index is 0.278. The Morgan fingerprint density at radius 3 is 2.62 bits per heavy atom. The van der Waals surface area contributed by atoms with Crippen LogP contribution in [-0.4, -0.2) is 21.7 Å². The largest absolute Gasteiger partial charge is 0.464 e. The molecule has 0 saturated carbocycles. The fraction of sp³-hybridized carbons (Fsp3) is 0. The van der Waals surface area contributed by atoms with Crippen LogP contribution in [0, 0.1) is 0 Å². The number of benzene rings is 1. The van der Waals surface area contributed by atoms with Crippen LogP contribution >= 0.6 is 15.9 Å². The fourth-order valence-corrected chi connectivity index (χ4v) is 2.04. The molecule has 0 saturated heterocycles. The molecule has 5 nitrogen and oxygen atoms in total. The maximum atomic E-state index is 11.0. The lowest BCUT2D eigenvalue weighted by Crippen LogP contribution is -2.11. The molecule has 3 N–H and O–H groups in total. The summed E-state index contributed by atoms with van der Waals surface area (Å²) in [5.41, 5.74) is 5.84. The van der Waals surface area contributed by atoms with Crippen LogP contribution in [0.3, 0.4) is 0 Å². The maximum Gasteiger partial charge on any atom is 0.416 e. The third-order valence-corrected chi connectivity index (χ3v) is 2.88. The van der Waals surface area contributed by atoms with Crippen molar-refractivity contribution >= 4 is 38.8 Å². The topological polar surface area (TPSA) is 85.3 Å². The zero-order chi connectivity index (χ0) is 11.9. The van der Waals surface area contributed by atoms with Crippen molar-refractivity contribution in [1.82, 2.24) is 4.57 Å². The number of rotatable bonds is 1. The van der Waals surface area contributed by atoms with Crippen LogP contribution in [0.25, 0.3) is 10.9 Å². The quantitative estimate of drug-likeness (QED) is 0.839. The predicted octanol–water partition coefficient (Wildman–Crippen LogP) is 2.03. The Morgan fingerprint density at radius 2 is 2.06 bits per heavy atom. The molecule has 0 aliphatic rings. The van der Waals surface area contributed by atoms with E-state index in [-0.39, 0.29) is 5.56 Å². The lowest BCUT2D eigenvalue weighted by molar-refractivity contribution is 0.1000. The predicted molar refractivity (Wildman–Crippen MR) is 61.6 cm³/mol. The minimum atomic E-state index is -1.11. The van der Waals surface area contributed by atoms with E-state index in [2.05, 4.69) is 15.9 Å². The molecular formula is C10H7BrN2O3. The lowest BCUT2D eigenvalue weighted by Gasteiger charge is -1.99. The Hall–Kier alpha value is -1.82. The first-order chi connectivity index (χ1) is 7.50. The number of hydrogen-bond donors (Lipinski definition) is 2. The highest BCUT2D eigenvalue weighted by Gasteiger charge is 2.12. The fourth-order valence-electron chi connectivity index (χ4n) is 1.50. The van der Waals surface area contributed by atoms with E-state index < -0.39 is 12.0 Å². The van der Waals surface area contributed by atoms with Gasteiger partial charge in [0.1, 0.15) is 0 Å². The SMILES string of the molecule is NC(=O)c1ccc2c(Br)cn(C(=O)O)c2c1. The van der Waals surface area contributed by atoms with E-state index in [0.29, 0.717) is 15.4 Å². The summed E-state index contributed by atoms with van der Waals surface area (Å²) in [6.45, 7) is 0. The Bertz CT molecular complexity index is 603. The summed E-state index contributed by atoms with van der Waals surface area (Å²) in [7, 11) is 0. The third kappa shape index (κ3) is 1.57. The first-order valence-electron chi connectivity index (χ1n) is 4.34. The van der Waals surface area contributed by atoms with Gasteiger partial charge >= 0.3 is 6.09 Å². The second kappa shape index (κ2) is 3.64. The maximum absolute atomic E-state index is 11.0. The van der Waals surface area contributed by atoms with Crippen molar-refractivity contribution in [2.45, 2.75) is 0 Å². The van der Waals surface area contributed by atoms with Gasteiger partial charge in [-0.15, -0.1) is 0 Å². The average molecular weight is 283 g/mol. The smallest absolute Gasteiger partial charge is 0.416 e. The van der Waals surface area contributed by atoms with Crippen molar-refractivity contribution in [3.05, 3.63) is 34.4 Å². The zero-order valence-electron chi connectivity index (χ0n) is 7.98. The molecule has 0 atom stereocenters. The van der Waals surface area contributed by atoms with Gasteiger partial charge in [-0.05, 0) is 28.1 Å². The summed E-state index contributed by atoms with van der Waals surface area (Å²) in [6.07, 6.45) is 0.315. The van der Waals surface area contributed by atoms with Gasteiger partial charge in [0.2, 0.25) is 5.91 Å². The van der Waals surface area contributed by atoms with E-state index in [0.717, 1.165) is 4.57 Å². The molecule has 1 aromatic carbocycles. The molecule has 0 fully saturated rings. The van der Waals surface area contributed by atoms with Gasteiger partial charge < -0.3 is 10.8 Å². The molecule has 0 bridgehead atoms. The number of hydrogen-bond acceptors (Lipinski definition) is 2. The van der Waals surface area contributed by atoms with Gasteiger partial charge in [0.15, 0.2) is 0 Å². The summed E-state index contributed by atoms with van der Waals surface area (Å²) in [5.74, 6) is -0.587. The first-order valence-corrected chi connectivity index (χ1v) is 5.13. The molecule has 1 aromatic heterocycles. The molecule has 0 aliphatic heterocycles. The first kappa shape index (κ1) is 10.7. The van der Waals surface area contributed by atoms with Gasteiger partial charge in [-0.25, -0.2) is 4.79 Å². The number of halogens is 1. The van der Waals surface area contributed by atoms with Crippen molar-refractivity contribution in [1.29, 1.82) is 0 Å². The minimum Gasteiger partial charge on any atom is -0.464 e. The second-order valence-electron chi connectivity index (χ2n) is 3.23. The molecule has 1 heterocycles. The van der Waals surface area contributed by atoms with Crippen molar-refractivity contribution < 1.29 is 14.7 Å². The molecule has 0 spiro atoms. The van der Waals surface area contributed by atoms with Crippen molar-refractivity contribution in [2.24, 2.45) is 5.73 Å². The van der Waals surface area contributed by atoms with Crippen molar-refractivity contribution in [3.8, 4) is 0 Å². The van der Waals surface area contributed by atoms with E-state index >= 15 is 0 Å². The number of carboxylic acid groups (broad SMARTS) is 1. The number of nitrogens with two attached hydrogens (primary N) is 1. The monoisotopic (exact) mass is 282 g/mol. The van der Waals surface area contributed by atoms with Crippen LogP contribution in [0.4, 0.5) is 4.79 Å². The molecule has 1 amide bonds. The Morgan fingerprint density at radius 1 is 1.38 bits per heavy atom. The normalized spacial score (nSPS) is 10.6. The summed E-state index contributed by atoms with van der Waals surface area (Å²) >= 11 is 3.25. The highest BCUT2D eigenvalue weighted by molar-refractivity contribution is 9.10. The van der Waals surface area contributed by atoms with Crippen molar-refractivity contribution in [3.63, 3.8) is 0 Å². The molecule has 0 aliphatic carbocycles. The number of fused-ring (bicyclic) bond motifs is 1. The van der Waals surface area contributed by atoms with Crippen LogP contribution in [-0.2, 0) is 0 Å². The van der Waals surface area contributed by atoms with Crippen molar-refractivity contribution in [2.75, 3.05) is 0 Å². The van der Waals surface area contributed by atoms with Gasteiger partial charge in [-0.1, -0.05) is 6.07 Å². The summed E-state index contributed by atoms with van der Waals surface area (Å²) in [4.78, 5) is 21.9. The average Bonchev–Trinajstić information content (AvgIpc) is 2.56. The molecule has 82 valence electrons. The van der Waals surface area contributed by atoms with Gasteiger partial charge in [-0.2, -0.15) is 0 Å². The van der Waals surface area contributed by atoms with Gasteiger partial charge in [-0.3, -0.25) is 9.36 Å². The number of amides is 1. The molecule has 0 unspecified atom stereocenters. The number of nitrogens with zero attached hydrogens (tertiary/aromatic N) is 1. The van der Waals surface area contributed by atoms with Crippen LogP contribution in [0.5, 0.6) is 0 Å². The Kier molecular flexibility index (Phi) is 2.43. The molecule has 6 heteroatoms.